The third-order valence-electron chi connectivity index (χ3n) is 3.33. The maximum absolute atomic E-state index is 5.47. The molecule has 0 amide bonds. The summed E-state index contributed by atoms with van der Waals surface area (Å²) in [5, 5.41) is 4.02. The first kappa shape index (κ1) is 12.5. The highest BCUT2D eigenvalue weighted by Gasteiger charge is 2.31. The summed E-state index contributed by atoms with van der Waals surface area (Å²) in [5.74, 6) is 1.57. The molecule has 0 saturated carbocycles. The van der Waals surface area contributed by atoms with Crippen LogP contribution in [0.2, 0.25) is 0 Å². The molecule has 2 N–H and O–H groups in total. The third kappa shape index (κ3) is 2.84. The van der Waals surface area contributed by atoms with Crippen molar-refractivity contribution in [1.29, 1.82) is 0 Å². The minimum atomic E-state index is 0.314. The van der Waals surface area contributed by atoms with E-state index >= 15 is 0 Å². The van der Waals surface area contributed by atoms with Crippen LogP contribution in [0.1, 0.15) is 50.9 Å². The van der Waals surface area contributed by atoms with Crippen molar-refractivity contribution in [2.75, 3.05) is 13.1 Å². The Morgan fingerprint density at radius 3 is 3.06 bits per heavy atom. The number of hydrogen-bond acceptors (Lipinski definition) is 5. The summed E-state index contributed by atoms with van der Waals surface area (Å²) in [4.78, 5) is 6.92. The normalized spacial score (nSPS) is 21.5. The molecule has 17 heavy (non-hydrogen) atoms. The largest absolute Gasteiger partial charge is 0.338 e. The summed E-state index contributed by atoms with van der Waals surface area (Å²) in [5.41, 5.74) is 5.47. The summed E-state index contributed by atoms with van der Waals surface area (Å²) >= 11 is 0. The van der Waals surface area contributed by atoms with Crippen molar-refractivity contribution >= 4 is 0 Å². The average molecular weight is 238 g/mol. The number of aryl methyl sites for hydroxylation is 1. The van der Waals surface area contributed by atoms with E-state index in [0.29, 0.717) is 18.6 Å². The Morgan fingerprint density at radius 1 is 1.53 bits per heavy atom. The van der Waals surface area contributed by atoms with Crippen LogP contribution in [0.25, 0.3) is 0 Å². The molecule has 0 radical (unpaired) electrons. The van der Waals surface area contributed by atoms with Gasteiger partial charge in [-0.2, -0.15) is 4.98 Å². The monoisotopic (exact) mass is 238 g/mol. The molecule has 1 aliphatic rings. The molecule has 1 aromatic rings. The lowest BCUT2D eigenvalue weighted by Gasteiger charge is -2.25. The molecular formula is C12H22N4O. The van der Waals surface area contributed by atoms with E-state index < -0.39 is 0 Å². The molecule has 0 aliphatic carbocycles. The lowest BCUT2D eigenvalue weighted by molar-refractivity contribution is 0.170. The van der Waals surface area contributed by atoms with E-state index in [1.54, 1.807) is 0 Å². The van der Waals surface area contributed by atoms with Crippen LogP contribution in [-0.4, -0.2) is 34.2 Å². The number of likely N-dealkylation sites (tertiary alicyclic amines) is 1. The molecule has 5 heteroatoms. The Morgan fingerprint density at radius 2 is 2.35 bits per heavy atom. The van der Waals surface area contributed by atoms with Crippen molar-refractivity contribution in [2.24, 2.45) is 5.73 Å². The lowest BCUT2D eigenvalue weighted by Crippen LogP contribution is -2.30. The summed E-state index contributed by atoms with van der Waals surface area (Å²) in [6, 6.07) is 0.844. The van der Waals surface area contributed by atoms with Crippen LogP contribution in [-0.2, 0) is 6.42 Å². The van der Waals surface area contributed by atoms with Gasteiger partial charge in [0.05, 0.1) is 6.04 Å². The van der Waals surface area contributed by atoms with Crippen LogP contribution in [0.5, 0.6) is 0 Å². The highest BCUT2D eigenvalue weighted by molar-refractivity contribution is 4.97. The minimum absolute atomic E-state index is 0.314. The molecule has 1 aliphatic heterocycles. The first-order valence-corrected chi connectivity index (χ1v) is 6.50. The summed E-state index contributed by atoms with van der Waals surface area (Å²) < 4.78 is 5.38. The molecule has 5 nitrogen and oxygen atoms in total. The Bertz CT molecular complexity index is 350. The van der Waals surface area contributed by atoms with Crippen molar-refractivity contribution in [1.82, 2.24) is 15.0 Å². The van der Waals surface area contributed by atoms with E-state index in [0.717, 1.165) is 37.5 Å². The smallest absolute Gasteiger partial charge is 0.244 e. The molecule has 96 valence electrons. The van der Waals surface area contributed by atoms with Gasteiger partial charge >= 0.3 is 0 Å². The van der Waals surface area contributed by atoms with Gasteiger partial charge in [0.2, 0.25) is 5.89 Å². The standard InChI is InChI=1S/C12H22N4O/c1-9(2)16-8-4-5-10(16)12-14-11(15-17-12)6-3-7-13/h9-10H,3-8,13H2,1-2H3. The molecule has 2 heterocycles. The number of rotatable bonds is 5. The minimum Gasteiger partial charge on any atom is -0.338 e. The summed E-state index contributed by atoms with van der Waals surface area (Å²) in [6.45, 7) is 6.22. The first-order valence-electron chi connectivity index (χ1n) is 6.50. The van der Waals surface area contributed by atoms with Crippen LogP contribution < -0.4 is 5.73 Å². The van der Waals surface area contributed by atoms with Gasteiger partial charge in [-0.3, -0.25) is 4.90 Å². The zero-order chi connectivity index (χ0) is 12.3. The van der Waals surface area contributed by atoms with Gasteiger partial charge in [-0.1, -0.05) is 5.16 Å². The predicted molar refractivity (Wildman–Crippen MR) is 65.5 cm³/mol. The molecular weight excluding hydrogens is 216 g/mol. The topological polar surface area (TPSA) is 68.2 Å². The Balaban J connectivity index is 2.03. The van der Waals surface area contributed by atoms with Crippen LogP contribution in [0.3, 0.4) is 0 Å². The maximum Gasteiger partial charge on any atom is 0.244 e. The molecule has 1 unspecified atom stereocenters. The van der Waals surface area contributed by atoms with E-state index in [9.17, 15) is 0 Å². The number of hydrogen-bond donors (Lipinski definition) is 1. The zero-order valence-electron chi connectivity index (χ0n) is 10.7. The number of nitrogens with zero attached hydrogens (tertiary/aromatic N) is 3. The summed E-state index contributed by atoms with van der Waals surface area (Å²) in [6.07, 6.45) is 4.06. The molecule has 1 aromatic heterocycles. The van der Waals surface area contributed by atoms with E-state index in [4.69, 9.17) is 10.3 Å². The fourth-order valence-electron chi connectivity index (χ4n) is 2.44. The van der Waals surface area contributed by atoms with Gasteiger partial charge in [0.1, 0.15) is 0 Å². The van der Waals surface area contributed by atoms with Gasteiger partial charge in [0, 0.05) is 12.5 Å². The number of nitrogens with two attached hydrogens (primary N) is 1. The highest BCUT2D eigenvalue weighted by atomic mass is 16.5. The van der Waals surface area contributed by atoms with Gasteiger partial charge in [-0.15, -0.1) is 0 Å². The Hall–Kier alpha value is -0.940. The second-order valence-corrected chi connectivity index (χ2v) is 4.93. The molecule has 0 aromatic carbocycles. The van der Waals surface area contributed by atoms with Crippen LogP contribution >= 0.6 is 0 Å². The van der Waals surface area contributed by atoms with Gasteiger partial charge < -0.3 is 10.3 Å². The number of aromatic nitrogens is 2. The second-order valence-electron chi connectivity index (χ2n) is 4.93. The van der Waals surface area contributed by atoms with Crippen LogP contribution in [0, 0.1) is 0 Å². The predicted octanol–water partition coefficient (Wildman–Crippen LogP) is 1.51. The van der Waals surface area contributed by atoms with Crippen molar-refractivity contribution in [3.63, 3.8) is 0 Å². The van der Waals surface area contributed by atoms with E-state index in [2.05, 4.69) is 28.9 Å². The van der Waals surface area contributed by atoms with Crippen LogP contribution in [0.15, 0.2) is 4.52 Å². The Labute approximate surface area is 102 Å². The van der Waals surface area contributed by atoms with E-state index in [1.165, 1.54) is 6.42 Å². The molecule has 2 rings (SSSR count). The van der Waals surface area contributed by atoms with Crippen molar-refractivity contribution < 1.29 is 4.52 Å². The van der Waals surface area contributed by atoms with E-state index in [-0.39, 0.29) is 0 Å². The molecule has 1 saturated heterocycles. The fourth-order valence-corrected chi connectivity index (χ4v) is 2.44. The van der Waals surface area contributed by atoms with Gasteiger partial charge in [-0.25, -0.2) is 0 Å². The van der Waals surface area contributed by atoms with Crippen LogP contribution in [0.4, 0.5) is 0 Å². The first-order chi connectivity index (χ1) is 8.22. The van der Waals surface area contributed by atoms with Gasteiger partial charge in [-0.05, 0) is 46.2 Å². The average Bonchev–Trinajstić information content (AvgIpc) is 2.94. The van der Waals surface area contributed by atoms with E-state index in [1.807, 2.05) is 0 Å². The van der Waals surface area contributed by atoms with Crippen molar-refractivity contribution in [2.45, 2.75) is 51.6 Å². The third-order valence-corrected chi connectivity index (χ3v) is 3.33. The highest BCUT2D eigenvalue weighted by Crippen LogP contribution is 2.32. The van der Waals surface area contributed by atoms with Gasteiger partial charge in [0.15, 0.2) is 5.82 Å². The van der Waals surface area contributed by atoms with Gasteiger partial charge in [0.25, 0.3) is 0 Å². The maximum atomic E-state index is 5.47. The van der Waals surface area contributed by atoms with Crippen molar-refractivity contribution in [3.05, 3.63) is 11.7 Å². The SMILES string of the molecule is CC(C)N1CCCC1c1nc(CCCN)no1. The quantitative estimate of drug-likeness (QED) is 0.842. The zero-order valence-corrected chi connectivity index (χ0v) is 10.7. The van der Waals surface area contributed by atoms with Crippen molar-refractivity contribution in [3.8, 4) is 0 Å². The molecule has 0 spiro atoms. The Kier molecular flexibility index (Phi) is 4.12. The fraction of sp³-hybridized carbons (Fsp3) is 0.833. The molecule has 0 bridgehead atoms. The summed E-state index contributed by atoms with van der Waals surface area (Å²) in [7, 11) is 0. The molecule has 1 atom stereocenters. The second kappa shape index (κ2) is 5.60. The molecule has 1 fully saturated rings. The lowest BCUT2D eigenvalue weighted by atomic mass is 10.2.